The average molecular weight is 257 g/mol. The van der Waals surface area contributed by atoms with E-state index in [0.717, 1.165) is 30.8 Å². The summed E-state index contributed by atoms with van der Waals surface area (Å²) in [4.78, 5) is 4.71. The zero-order valence-electron chi connectivity index (χ0n) is 11.6. The molecule has 0 saturated heterocycles. The van der Waals surface area contributed by atoms with E-state index in [2.05, 4.69) is 16.2 Å². The van der Waals surface area contributed by atoms with E-state index in [9.17, 15) is 0 Å². The Morgan fingerprint density at radius 2 is 1.79 bits per heavy atom. The summed E-state index contributed by atoms with van der Waals surface area (Å²) in [7, 11) is 0. The zero-order valence-corrected chi connectivity index (χ0v) is 11.6. The van der Waals surface area contributed by atoms with E-state index in [0.29, 0.717) is 5.54 Å². The molecule has 0 atom stereocenters. The third kappa shape index (κ3) is 1.45. The van der Waals surface area contributed by atoms with E-state index in [-0.39, 0.29) is 0 Å². The van der Waals surface area contributed by atoms with Crippen LogP contribution >= 0.6 is 0 Å². The Morgan fingerprint density at radius 3 is 2.47 bits per heavy atom. The molecule has 0 unspecified atom stereocenters. The van der Waals surface area contributed by atoms with Crippen molar-refractivity contribution in [3.63, 3.8) is 0 Å². The van der Waals surface area contributed by atoms with Gasteiger partial charge >= 0.3 is 0 Å². The third-order valence-electron chi connectivity index (χ3n) is 6.30. The SMILES string of the molecule is c1nc2c(n1C13CC4CC(CC(C4)C1)C3)CCNC2. The Balaban J connectivity index is 1.60. The highest BCUT2D eigenvalue weighted by Gasteiger charge is 2.52. The van der Waals surface area contributed by atoms with Crippen LogP contribution in [0.2, 0.25) is 0 Å². The van der Waals surface area contributed by atoms with E-state index in [1.54, 1.807) is 5.69 Å². The van der Waals surface area contributed by atoms with Crippen LogP contribution in [0.4, 0.5) is 0 Å². The molecule has 6 rings (SSSR count). The van der Waals surface area contributed by atoms with Crippen molar-refractivity contribution in [1.29, 1.82) is 0 Å². The van der Waals surface area contributed by atoms with Gasteiger partial charge in [0.25, 0.3) is 0 Å². The Labute approximate surface area is 114 Å². The number of aromatic nitrogens is 2. The summed E-state index contributed by atoms with van der Waals surface area (Å²) in [5.41, 5.74) is 3.34. The van der Waals surface area contributed by atoms with Crippen LogP contribution in [0.5, 0.6) is 0 Å². The van der Waals surface area contributed by atoms with Crippen LogP contribution in [-0.2, 0) is 18.5 Å². The van der Waals surface area contributed by atoms with Crippen molar-refractivity contribution >= 4 is 0 Å². The van der Waals surface area contributed by atoms with Crippen LogP contribution in [0.25, 0.3) is 0 Å². The zero-order chi connectivity index (χ0) is 12.4. The van der Waals surface area contributed by atoms with Gasteiger partial charge in [-0.25, -0.2) is 4.98 Å². The van der Waals surface area contributed by atoms with Crippen molar-refractivity contribution in [1.82, 2.24) is 14.9 Å². The average Bonchev–Trinajstić information content (AvgIpc) is 2.81. The van der Waals surface area contributed by atoms with E-state index < -0.39 is 0 Å². The molecule has 0 amide bonds. The number of fused-ring (bicyclic) bond motifs is 1. The lowest BCUT2D eigenvalue weighted by Crippen LogP contribution is -2.52. The molecule has 2 heterocycles. The molecular formula is C16H23N3. The Kier molecular flexibility index (Phi) is 2.08. The Hall–Kier alpha value is -0.830. The highest BCUT2D eigenvalue weighted by molar-refractivity contribution is 5.20. The molecule has 0 radical (unpaired) electrons. The van der Waals surface area contributed by atoms with Gasteiger partial charge in [-0.15, -0.1) is 0 Å². The molecular weight excluding hydrogens is 234 g/mol. The van der Waals surface area contributed by atoms with E-state index in [1.165, 1.54) is 50.6 Å². The number of nitrogens with one attached hydrogen (secondary N) is 1. The minimum absolute atomic E-state index is 0.465. The molecule has 1 aromatic heterocycles. The molecule has 1 aromatic rings. The fourth-order valence-electron chi connectivity index (χ4n) is 6.01. The maximum Gasteiger partial charge on any atom is 0.0957 e. The van der Waals surface area contributed by atoms with Gasteiger partial charge in [-0.2, -0.15) is 0 Å². The molecule has 4 saturated carbocycles. The second-order valence-electron chi connectivity index (χ2n) is 7.58. The lowest BCUT2D eigenvalue weighted by molar-refractivity contribution is -0.0444. The topological polar surface area (TPSA) is 29.9 Å². The van der Waals surface area contributed by atoms with Gasteiger partial charge in [0.2, 0.25) is 0 Å². The molecule has 1 N–H and O–H groups in total. The van der Waals surface area contributed by atoms with Crippen molar-refractivity contribution in [2.24, 2.45) is 17.8 Å². The first-order valence-corrected chi connectivity index (χ1v) is 8.09. The predicted octanol–water partition coefficient (Wildman–Crippen LogP) is 2.45. The van der Waals surface area contributed by atoms with Crippen molar-refractivity contribution < 1.29 is 0 Å². The van der Waals surface area contributed by atoms with Gasteiger partial charge in [-0.1, -0.05) is 0 Å². The molecule has 4 fully saturated rings. The summed E-state index contributed by atoms with van der Waals surface area (Å²) in [6.45, 7) is 2.11. The van der Waals surface area contributed by atoms with E-state index >= 15 is 0 Å². The molecule has 102 valence electrons. The van der Waals surface area contributed by atoms with Crippen molar-refractivity contribution in [3.8, 4) is 0 Å². The van der Waals surface area contributed by atoms with Gasteiger partial charge in [0.05, 0.1) is 12.0 Å². The molecule has 4 bridgehead atoms. The van der Waals surface area contributed by atoms with Crippen LogP contribution in [0.1, 0.15) is 49.9 Å². The molecule has 4 aliphatic carbocycles. The van der Waals surface area contributed by atoms with Crippen molar-refractivity contribution in [2.75, 3.05) is 6.54 Å². The molecule has 5 aliphatic rings. The Morgan fingerprint density at radius 1 is 1.11 bits per heavy atom. The number of hydrogen-bond donors (Lipinski definition) is 1. The largest absolute Gasteiger partial charge is 0.328 e. The number of rotatable bonds is 1. The first-order chi connectivity index (χ1) is 9.32. The van der Waals surface area contributed by atoms with Gasteiger partial charge in [0.1, 0.15) is 0 Å². The fraction of sp³-hybridized carbons (Fsp3) is 0.812. The second-order valence-corrected chi connectivity index (χ2v) is 7.58. The summed E-state index contributed by atoms with van der Waals surface area (Å²) in [6.07, 6.45) is 12.3. The molecule has 0 spiro atoms. The van der Waals surface area contributed by atoms with Crippen LogP contribution in [0.15, 0.2) is 6.33 Å². The summed E-state index contributed by atoms with van der Waals surface area (Å²) in [5, 5.41) is 3.45. The van der Waals surface area contributed by atoms with Crippen molar-refractivity contribution in [3.05, 3.63) is 17.7 Å². The lowest BCUT2D eigenvalue weighted by atomic mass is 9.53. The van der Waals surface area contributed by atoms with Crippen LogP contribution in [0.3, 0.4) is 0 Å². The smallest absolute Gasteiger partial charge is 0.0957 e. The summed E-state index contributed by atoms with van der Waals surface area (Å²) in [5.74, 6) is 3.06. The summed E-state index contributed by atoms with van der Waals surface area (Å²) < 4.78 is 2.65. The minimum Gasteiger partial charge on any atom is -0.328 e. The quantitative estimate of drug-likeness (QED) is 0.837. The molecule has 0 aromatic carbocycles. The number of hydrogen-bond acceptors (Lipinski definition) is 2. The normalized spacial score (nSPS) is 43.5. The first-order valence-electron chi connectivity index (χ1n) is 8.09. The fourth-order valence-corrected chi connectivity index (χ4v) is 6.01. The minimum atomic E-state index is 0.465. The molecule has 3 heteroatoms. The summed E-state index contributed by atoms with van der Waals surface area (Å²) in [6, 6.07) is 0. The van der Waals surface area contributed by atoms with Gasteiger partial charge in [-0.3, -0.25) is 0 Å². The molecule has 1 aliphatic heterocycles. The van der Waals surface area contributed by atoms with E-state index in [1.807, 2.05) is 0 Å². The van der Waals surface area contributed by atoms with Crippen LogP contribution in [-0.4, -0.2) is 16.1 Å². The second kappa shape index (κ2) is 3.63. The maximum absolute atomic E-state index is 4.71. The first kappa shape index (κ1) is 10.9. The maximum atomic E-state index is 4.71. The standard InChI is InChI=1S/C16H23N3/c1-2-17-9-14-15(1)19(10-18-14)16-6-11-3-12(7-16)5-13(4-11)8-16/h10-13,17H,1-9H2. The number of imidazole rings is 1. The van der Waals surface area contributed by atoms with Gasteiger partial charge < -0.3 is 9.88 Å². The van der Waals surface area contributed by atoms with Crippen LogP contribution < -0.4 is 5.32 Å². The lowest BCUT2D eigenvalue weighted by Gasteiger charge is -2.57. The van der Waals surface area contributed by atoms with Crippen LogP contribution in [0, 0.1) is 17.8 Å². The summed E-state index contributed by atoms with van der Waals surface area (Å²) >= 11 is 0. The van der Waals surface area contributed by atoms with Crippen molar-refractivity contribution in [2.45, 2.75) is 57.0 Å². The van der Waals surface area contributed by atoms with Gasteiger partial charge in [-0.05, 0) is 56.3 Å². The molecule has 19 heavy (non-hydrogen) atoms. The van der Waals surface area contributed by atoms with Gasteiger partial charge in [0.15, 0.2) is 0 Å². The predicted molar refractivity (Wildman–Crippen MR) is 73.8 cm³/mol. The number of nitrogens with zero attached hydrogens (tertiary/aromatic N) is 2. The van der Waals surface area contributed by atoms with E-state index in [4.69, 9.17) is 4.98 Å². The highest BCUT2D eigenvalue weighted by Crippen LogP contribution is 2.59. The van der Waals surface area contributed by atoms with Gasteiger partial charge in [0, 0.05) is 30.7 Å². The molecule has 3 nitrogen and oxygen atoms in total. The third-order valence-corrected chi connectivity index (χ3v) is 6.30. The monoisotopic (exact) mass is 257 g/mol. The highest BCUT2D eigenvalue weighted by atomic mass is 15.2. The Bertz CT molecular complexity index is 481.